The second-order valence-electron chi connectivity index (χ2n) is 6.45. The highest BCUT2D eigenvalue weighted by molar-refractivity contribution is 5.96. The fourth-order valence-corrected chi connectivity index (χ4v) is 3.63. The van der Waals surface area contributed by atoms with Crippen LogP contribution < -0.4 is 14.4 Å². The Balaban J connectivity index is 1.63. The van der Waals surface area contributed by atoms with Crippen molar-refractivity contribution in [3.8, 4) is 11.5 Å². The van der Waals surface area contributed by atoms with Gasteiger partial charge >= 0.3 is 0 Å². The van der Waals surface area contributed by atoms with Gasteiger partial charge in [-0.1, -0.05) is 30.3 Å². The highest BCUT2D eigenvalue weighted by Gasteiger charge is 2.22. The molecule has 0 spiro atoms. The van der Waals surface area contributed by atoms with Gasteiger partial charge in [0, 0.05) is 37.3 Å². The van der Waals surface area contributed by atoms with E-state index in [1.807, 2.05) is 0 Å². The van der Waals surface area contributed by atoms with Gasteiger partial charge in [0.25, 0.3) is 0 Å². The van der Waals surface area contributed by atoms with Crippen LogP contribution in [0.25, 0.3) is 10.9 Å². The molecule has 0 radical (unpaired) electrons. The van der Waals surface area contributed by atoms with E-state index in [9.17, 15) is 0 Å². The Kier molecular flexibility index (Phi) is 3.52. The van der Waals surface area contributed by atoms with Gasteiger partial charge in [-0.25, -0.2) is 0 Å². The Morgan fingerprint density at radius 2 is 1.68 bits per heavy atom. The molecule has 0 atom stereocenters. The zero-order chi connectivity index (χ0) is 16.6. The summed E-state index contributed by atoms with van der Waals surface area (Å²) in [5.41, 5.74) is 3.70. The maximum Gasteiger partial charge on any atom is 0.231 e. The first-order valence-electron chi connectivity index (χ1n) is 8.67. The van der Waals surface area contributed by atoms with Crippen molar-refractivity contribution in [2.45, 2.75) is 6.54 Å². The molecule has 0 saturated carbocycles. The van der Waals surface area contributed by atoms with E-state index in [-0.39, 0.29) is 0 Å². The quantitative estimate of drug-likeness (QED) is 0.735. The number of morpholine rings is 1. The Morgan fingerprint density at radius 3 is 2.48 bits per heavy atom. The molecule has 0 N–H and O–H groups in total. The summed E-state index contributed by atoms with van der Waals surface area (Å²) >= 11 is 0. The lowest BCUT2D eigenvalue weighted by Gasteiger charge is -2.28. The third-order valence-electron chi connectivity index (χ3n) is 4.90. The summed E-state index contributed by atoms with van der Waals surface area (Å²) in [6.07, 6.45) is 2.25. The molecule has 25 heavy (non-hydrogen) atoms. The molecule has 5 rings (SSSR count). The second-order valence-corrected chi connectivity index (χ2v) is 6.45. The minimum absolute atomic E-state index is 0.299. The van der Waals surface area contributed by atoms with E-state index in [0.717, 1.165) is 44.3 Å². The van der Waals surface area contributed by atoms with Crippen LogP contribution in [0.1, 0.15) is 5.56 Å². The highest BCUT2D eigenvalue weighted by atomic mass is 16.7. The Hall–Kier alpha value is -2.66. The number of fused-ring (bicyclic) bond motifs is 2. The van der Waals surface area contributed by atoms with Crippen molar-refractivity contribution in [2.75, 3.05) is 38.0 Å². The molecule has 3 aromatic rings. The summed E-state index contributed by atoms with van der Waals surface area (Å²) in [7, 11) is 0. The van der Waals surface area contributed by atoms with Gasteiger partial charge in [-0.15, -0.1) is 0 Å². The first kappa shape index (κ1) is 14.7. The van der Waals surface area contributed by atoms with E-state index >= 15 is 0 Å². The van der Waals surface area contributed by atoms with Crippen molar-refractivity contribution in [3.63, 3.8) is 0 Å². The number of hydrogen-bond donors (Lipinski definition) is 0. The third kappa shape index (κ3) is 2.61. The number of ether oxygens (including phenoxy) is 3. The maximum absolute atomic E-state index is 5.60. The summed E-state index contributed by atoms with van der Waals surface area (Å²) < 4.78 is 19.0. The fourth-order valence-electron chi connectivity index (χ4n) is 3.63. The van der Waals surface area contributed by atoms with E-state index in [2.05, 4.69) is 58.1 Å². The predicted octanol–water partition coefficient (Wildman–Crippen LogP) is 3.25. The minimum Gasteiger partial charge on any atom is -0.454 e. The van der Waals surface area contributed by atoms with Gasteiger partial charge in [0.2, 0.25) is 6.79 Å². The first-order chi connectivity index (χ1) is 12.4. The van der Waals surface area contributed by atoms with Crippen LogP contribution in [0.3, 0.4) is 0 Å². The largest absolute Gasteiger partial charge is 0.454 e. The van der Waals surface area contributed by atoms with Gasteiger partial charge in [0.15, 0.2) is 11.5 Å². The minimum atomic E-state index is 0.299. The van der Waals surface area contributed by atoms with Crippen LogP contribution in [0, 0.1) is 0 Å². The molecule has 1 aromatic heterocycles. The topological polar surface area (TPSA) is 35.9 Å². The van der Waals surface area contributed by atoms with Crippen molar-refractivity contribution in [1.29, 1.82) is 0 Å². The van der Waals surface area contributed by atoms with E-state index < -0.39 is 0 Å². The number of hydrogen-bond acceptors (Lipinski definition) is 4. The number of anilines is 1. The number of aromatic nitrogens is 1. The molecule has 2 aromatic carbocycles. The van der Waals surface area contributed by atoms with Crippen molar-refractivity contribution < 1.29 is 14.2 Å². The van der Waals surface area contributed by atoms with Crippen molar-refractivity contribution in [3.05, 3.63) is 54.2 Å². The predicted molar refractivity (Wildman–Crippen MR) is 96.6 cm³/mol. The summed E-state index contributed by atoms with van der Waals surface area (Å²) in [5, 5.41) is 1.21. The molecule has 0 aliphatic carbocycles. The number of nitrogens with zero attached hydrogens (tertiary/aromatic N) is 2. The fraction of sp³-hybridized carbons (Fsp3) is 0.300. The Morgan fingerprint density at radius 1 is 0.920 bits per heavy atom. The highest BCUT2D eigenvalue weighted by Crippen LogP contribution is 2.40. The average molecular weight is 336 g/mol. The van der Waals surface area contributed by atoms with E-state index in [4.69, 9.17) is 14.2 Å². The van der Waals surface area contributed by atoms with Crippen LogP contribution in [0.15, 0.2) is 48.7 Å². The third-order valence-corrected chi connectivity index (χ3v) is 4.90. The van der Waals surface area contributed by atoms with Crippen LogP contribution in [0.4, 0.5) is 5.69 Å². The van der Waals surface area contributed by atoms with Crippen LogP contribution in [-0.4, -0.2) is 37.7 Å². The number of rotatable bonds is 3. The molecule has 2 aliphatic rings. The van der Waals surface area contributed by atoms with Crippen LogP contribution in [0.2, 0.25) is 0 Å². The summed E-state index contributed by atoms with van der Waals surface area (Å²) in [6, 6.07) is 14.8. The molecule has 1 fully saturated rings. The molecule has 0 amide bonds. The molecule has 128 valence electrons. The standard InChI is InChI=1S/C20H20N2O3/c1-2-4-15(5-3-1)12-22-13-18(21-6-8-23-9-7-21)16-10-19-20(11-17(16)22)25-14-24-19/h1-5,10-11,13H,6-9,12,14H2. The van der Waals surface area contributed by atoms with Crippen LogP contribution in [0.5, 0.6) is 11.5 Å². The van der Waals surface area contributed by atoms with E-state index in [0.29, 0.717) is 6.79 Å². The molecule has 3 heterocycles. The van der Waals surface area contributed by atoms with E-state index in [1.54, 1.807) is 0 Å². The summed E-state index contributed by atoms with van der Waals surface area (Å²) in [5.74, 6) is 1.66. The molecule has 1 saturated heterocycles. The second kappa shape index (κ2) is 6.01. The van der Waals surface area contributed by atoms with Crippen molar-refractivity contribution in [1.82, 2.24) is 4.57 Å². The van der Waals surface area contributed by atoms with Gasteiger partial charge < -0.3 is 23.7 Å². The lowest BCUT2D eigenvalue weighted by molar-refractivity contribution is 0.123. The molecular weight excluding hydrogens is 316 g/mol. The van der Waals surface area contributed by atoms with Gasteiger partial charge in [-0.2, -0.15) is 0 Å². The van der Waals surface area contributed by atoms with Gasteiger partial charge in [0.1, 0.15) is 0 Å². The molecule has 5 heteroatoms. The van der Waals surface area contributed by atoms with Crippen LogP contribution in [-0.2, 0) is 11.3 Å². The summed E-state index contributed by atoms with van der Waals surface area (Å²) in [6.45, 7) is 4.51. The zero-order valence-corrected chi connectivity index (χ0v) is 14.0. The van der Waals surface area contributed by atoms with Gasteiger partial charge in [-0.3, -0.25) is 0 Å². The molecular formula is C20H20N2O3. The molecule has 2 aliphatic heterocycles. The van der Waals surface area contributed by atoms with Crippen molar-refractivity contribution in [2.24, 2.45) is 0 Å². The molecule has 5 nitrogen and oxygen atoms in total. The monoisotopic (exact) mass is 336 g/mol. The Labute approximate surface area is 146 Å². The van der Waals surface area contributed by atoms with Crippen LogP contribution >= 0.6 is 0 Å². The van der Waals surface area contributed by atoms with Gasteiger partial charge in [-0.05, 0) is 11.6 Å². The normalized spacial score (nSPS) is 16.6. The van der Waals surface area contributed by atoms with Crippen molar-refractivity contribution >= 4 is 16.6 Å². The summed E-state index contributed by atoms with van der Waals surface area (Å²) in [4.78, 5) is 2.40. The SMILES string of the molecule is c1ccc(Cn2cc(N3CCOCC3)c3cc4c(cc32)OCO4)cc1. The van der Waals surface area contributed by atoms with Gasteiger partial charge in [0.05, 0.1) is 24.4 Å². The smallest absolute Gasteiger partial charge is 0.231 e. The Bertz CT molecular complexity index is 898. The lowest BCUT2D eigenvalue weighted by atomic mass is 10.2. The average Bonchev–Trinajstić information content (AvgIpc) is 3.26. The molecule has 0 bridgehead atoms. The zero-order valence-electron chi connectivity index (χ0n) is 14.0. The molecule has 0 unspecified atom stereocenters. The van der Waals surface area contributed by atoms with E-state index in [1.165, 1.54) is 22.2 Å². The lowest BCUT2D eigenvalue weighted by Crippen LogP contribution is -2.36. The maximum atomic E-state index is 5.60. The number of benzene rings is 2. The first-order valence-corrected chi connectivity index (χ1v) is 8.67.